The first kappa shape index (κ1) is 19.6. The smallest absolute Gasteiger partial charge is 0.289 e. The molecule has 0 bridgehead atoms. The van der Waals surface area contributed by atoms with Crippen molar-refractivity contribution >= 4 is 72.0 Å². The average molecular weight is 447 g/mol. The Balaban J connectivity index is 2.16. The topological polar surface area (TPSA) is 68.5 Å². The molecule has 0 atom stereocenters. The molecule has 10 heteroatoms. The number of benzene rings is 1. The molecular weight excluding hydrogens is 432 g/mol. The predicted molar refractivity (Wildman–Crippen MR) is 111 cm³/mol. The third-order valence-electron chi connectivity index (χ3n) is 3.58. The SMILES string of the molecule is CSCCn1/c(=N/C(=O)c2ccc(Cl)s2)sc2cc(S(C)(=O)=O)ccc21. The molecule has 0 saturated heterocycles. The van der Waals surface area contributed by atoms with Crippen LogP contribution in [0.25, 0.3) is 10.2 Å². The fourth-order valence-corrected chi connectivity index (χ4v) is 5.45. The van der Waals surface area contributed by atoms with Gasteiger partial charge in [-0.15, -0.1) is 11.3 Å². The van der Waals surface area contributed by atoms with Gasteiger partial charge in [0.25, 0.3) is 5.91 Å². The number of hydrogen-bond acceptors (Lipinski definition) is 6. The Bertz CT molecular complexity index is 1140. The summed E-state index contributed by atoms with van der Waals surface area (Å²) < 4.78 is 26.9. The lowest BCUT2D eigenvalue weighted by atomic mass is 10.3. The van der Waals surface area contributed by atoms with Crippen molar-refractivity contribution in [3.63, 3.8) is 0 Å². The third-order valence-corrected chi connectivity index (χ3v) is 7.54. The first-order valence-electron chi connectivity index (χ1n) is 7.46. The van der Waals surface area contributed by atoms with Crippen LogP contribution in [0.5, 0.6) is 0 Å². The number of carbonyl (C=O) groups is 1. The summed E-state index contributed by atoms with van der Waals surface area (Å²) in [5.41, 5.74) is 0.868. The van der Waals surface area contributed by atoms with Gasteiger partial charge >= 0.3 is 0 Å². The van der Waals surface area contributed by atoms with Crippen molar-refractivity contribution in [1.29, 1.82) is 0 Å². The predicted octanol–water partition coefficient (Wildman–Crippen LogP) is 3.93. The molecule has 0 radical (unpaired) electrons. The van der Waals surface area contributed by atoms with Gasteiger partial charge in [0.2, 0.25) is 0 Å². The molecule has 3 rings (SSSR count). The van der Waals surface area contributed by atoms with Gasteiger partial charge in [-0.2, -0.15) is 16.8 Å². The lowest BCUT2D eigenvalue weighted by Gasteiger charge is -2.04. The highest BCUT2D eigenvalue weighted by molar-refractivity contribution is 7.98. The molecule has 26 heavy (non-hydrogen) atoms. The largest absolute Gasteiger partial charge is 0.316 e. The molecule has 2 aromatic heterocycles. The lowest BCUT2D eigenvalue weighted by molar-refractivity contribution is 0.100. The van der Waals surface area contributed by atoms with Crippen molar-refractivity contribution in [1.82, 2.24) is 4.57 Å². The van der Waals surface area contributed by atoms with Gasteiger partial charge in [-0.3, -0.25) is 4.79 Å². The highest BCUT2D eigenvalue weighted by atomic mass is 35.5. The van der Waals surface area contributed by atoms with E-state index in [2.05, 4.69) is 4.99 Å². The van der Waals surface area contributed by atoms with Crippen molar-refractivity contribution in [3.8, 4) is 0 Å². The second-order valence-electron chi connectivity index (χ2n) is 5.45. The molecule has 0 aliphatic carbocycles. The van der Waals surface area contributed by atoms with Crippen LogP contribution in [-0.2, 0) is 16.4 Å². The maximum atomic E-state index is 12.4. The zero-order valence-electron chi connectivity index (χ0n) is 13.9. The fraction of sp³-hybridized carbons (Fsp3) is 0.250. The summed E-state index contributed by atoms with van der Waals surface area (Å²) in [6.07, 6.45) is 3.19. The molecule has 2 heterocycles. The number of halogens is 1. The van der Waals surface area contributed by atoms with E-state index >= 15 is 0 Å². The van der Waals surface area contributed by atoms with E-state index in [1.165, 1.54) is 28.9 Å². The van der Waals surface area contributed by atoms with Crippen molar-refractivity contribution < 1.29 is 13.2 Å². The summed E-state index contributed by atoms with van der Waals surface area (Å²) in [7, 11) is -3.30. The van der Waals surface area contributed by atoms with Crippen LogP contribution in [0.4, 0.5) is 0 Å². The molecule has 0 unspecified atom stereocenters. The number of amides is 1. The van der Waals surface area contributed by atoms with E-state index < -0.39 is 9.84 Å². The van der Waals surface area contributed by atoms with Crippen LogP contribution < -0.4 is 4.80 Å². The van der Waals surface area contributed by atoms with Crippen LogP contribution in [0.3, 0.4) is 0 Å². The number of nitrogens with zero attached hydrogens (tertiary/aromatic N) is 2. The maximum Gasteiger partial charge on any atom is 0.289 e. The van der Waals surface area contributed by atoms with E-state index in [-0.39, 0.29) is 10.8 Å². The Morgan fingerprint density at radius 3 is 2.65 bits per heavy atom. The van der Waals surface area contributed by atoms with Crippen LogP contribution in [-0.4, -0.2) is 37.2 Å². The van der Waals surface area contributed by atoms with Crippen molar-refractivity contribution in [3.05, 3.63) is 44.3 Å². The summed E-state index contributed by atoms with van der Waals surface area (Å²) in [6, 6.07) is 8.31. The number of thiazole rings is 1. The molecule has 0 aliphatic heterocycles. The summed E-state index contributed by atoms with van der Waals surface area (Å²) in [5, 5.41) is 0. The standard InChI is InChI=1S/C16H15ClN2O3S4/c1-23-8-7-19-11-4-3-10(26(2,21)22)9-13(11)25-16(19)18-15(20)12-5-6-14(17)24-12/h3-6,9H,7-8H2,1-2H3/b18-16-. The molecule has 0 N–H and O–H groups in total. The number of aromatic nitrogens is 1. The highest BCUT2D eigenvalue weighted by Crippen LogP contribution is 2.24. The zero-order chi connectivity index (χ0) is 18.9. The van der Waals surface area contributed by atoms with Crippen molar-refractivity contribution in [2.75, 3.05) is 18.3 Å². The maximum absolute atomic E-state index is 12.4. The molecular formula is C16H15ClN2O3S4. The summed E-state index contributed by atoms with van der Waals surface area (Å²) in [5.74, 6) is 0.501. The van der Waals surface area contributed by atoms with Gasteiger partial charge in [0.1, 0.15) is 0 Å². The quantitative estimate of drug-likeness (QED) is 0.595. The molecule has 138 valence electrons. The minimum Gasteiger partial charge on any atom is -0.316 e. The molecule has 0 saturated carbocycles. The van der Waals surface area contributed by atoms with Gasteiger partial charge < -0.3 is 4.57 Å². The number of aryl methyl sites for hydroxylation is 1. The van der Waals surface area contributed by atoms with Crippen LogP contribution in [0, 0.1) is 0 Å². The summed E-state index contributed by atoms with van der Waals surface area (Å²) >= 11 is 10.1. The van der Waals surface area contributed by atoms with E-state index in [1.54, 1.807) is 42.1 Å². The van der Waals surface area contributed by atoms with E-state index in [0.29, 0.717) is 20.6 Å². The van der Waals surface area contributed by atoms with Crippen LogP contribution in [0.15, 0.2) is 40.2 Å². The summed E-state index contributed by atoms with van der Waals surface area (Å²) in [4.78, 5) is 18.0. The number of rotatable bonds is 5. The van der Waals surface area contributed by atoms with Gasteiger partial charge in [0.05, 0.1) is 24.3 Å². The molecule has 0 fully saturated rings. The third kappa shape index (κ3) is 4.23. The number of hydrogen-bond donors (Lipinski definition) is 0. The van der Waals surface area contributed by atoms with Crippen LogP contribution in [0.2, 0.25) is 4.34 Å². The monoisotopic (exact) mass is 446 g/mol. The van der Waals surface area contributed by atoms with E-state index in [1.807, 2.05) is 10.8 Å². The fourth-order valence-electron chi connectivity index (χ4n) is 2.34. The Kier molecular flexibility index (Phi) is 5.93. The lowest BCUT2D eigenvalue weighted by Crippen LogP contribution is -2.18. The van der Waals surface area contributed by atoms with E-state index in [4.69, 9.17) is 11.6 Å². The molecule has 3 aromatic rings. The number of carbonyl (C=O) groups excluding carboxylic acids is 1. The Labute approximate surface area is 168 Å². The van der Waals surface area contributed by atoms with Crippen molar-refractivity contribution in [2.45, 2.75) is 11.4 Å². The normalized spacial score (nSPS) is 12.8. The molecule has 1 aromatic carbocycles. The number of thiophene rings is 1. The van der Waals surface area contributed by atoms with Gasteiger partial charge in [-0.05, 0) is 36.6 Å². The minimum absolute atomic E-state index is 0.256. The molecule has 0 aliphatic rings. The highest BCUT2D eigenvalue weighted by Gasteiger charge is 2.14. The first-order chi connectivity index (χ1) is 12.3. The van der Waals surface area contributed by atoms with Gasteiger partial charge in [-0.25, -0.2) is 8.42 Å². The van der Waals surface area contributed by atoms with Gasteiger partial charge in [0, 0.05) is 18.6 Å². The van der Waals surface area contributed by atoms with E-state index in [0.717, 1.165) is 16.0 Å². The zero-order valence-corrected chi connectivity index (χ0v) is 18.0. The van der Waals surface area contributed by atoms with Crippen LogP contribution in [0.1, 0.15) is 9.67 Å². The molecule has 1 amide bonds. The number of sulfone groups is 1. The average Bonchev–Trinajstić information content (AvgIpc) is 3.15. The van der Waals surface area contributed by atoms with Gasteiger partial charge in [0.15, 0.2) is 14.6 Å². The second-order valence-corrected chi connectivity index (χ2v) is 11.2. The molecule has 5 nitrogen and oxygen atoms in total. The molecule has 0 spiro atoms. The number of fused-ring (bicyclic) bond motifs is 1. The minimum atomic E-state index is -3.30. The van der Waals surface area contributed by atoms with E-state index in [9.17, 15) is 13.2 Å². The first-order valence-corrected chi connectivity index (χ1v) is 12.8. The van der Waals surface area contributed by atoms with Gasteiger partial charge in [-0.1, -0.05) is 22.9 Å². The summed E-state index contributed by atoms with van der Waals surface area (Å²) in [6.45, 7) is 0.677. The second kappa shape index (κ2) is 7.85. The van der Waals surface area contributed by atoms with Crippen LogP contribution >= 0.6 is 46.0 Å². The Hall–Kier alpha value is -1.13. The Morgan fingerprint density at radius 2 is 2.04 bits per heavy atom. The van der Waals surface area contributed by atoms with Crippen molar-refractivity contribution in [2.24, 2.45) is 4.99 Å². The Morgan fingerprint density at radius 1 is 1.27 bits per heavy atom. The number of thioether (sulfide) groups is 1.